The highest BCUT2D eigenvalue weighted by molar-refractivity contribution is 9.13. The maximum Gasteiger partial charge on any atom is 0.261 e. The maximum atomic E-state index is 12.3. The molecular formula is C15H16Br2N2O2S. The molecule has 0 radical (unpaired) electrons. The van der Waals surface area contributed by atoms with E-state index in [1.807, 2.05) is 18.2 Å². The number of carbonyl (C=O) groups is 1. The van der Waals surface area contributed by atoms with Crippen molar-refractivity contribution in [3.05, 3.63) is 43.4 Å². The van der Waals surface area contributed by atoms with Crippen LogP contribution in [0.15, 0.2) is 37.1 Å². The third-order valence-electron chi connectivity index (χ3n) is 3.78. The van der Waals surface area contributed by atoms with Crippen LogP contribution >= 0.6 is 43.2 Å². The Kier molecular flexibility index (Phi) is 5.38. The number of thiophene rings is 1. The first kappa shape index (κ1) is 16.2. The molecule has 1 aliphatic rings. The number of carbonyl (C=O) groups excluding carboxylic acids is 1. The molecule has 0 saturated carbocycles. The number of hydrogen-bond donors (Lipinski definition) is 1. The van der Waals surface area contributed by atoms with Crippen molar-refractivity contribution in [2.45, 2.75) is 18.9 Å². The average molecular weight is 448 g/mol. The van der Waals surface area contributed by atoms with Crippen molar-refractivity contribution in [2.75, 3.05) is 19.6 Å². The minimum absolute atomic E-state index is 0.0489. The van der Waals surface area contributed by atoms with E-state index in [1.165, 1.54) is 24.2 Å². The first-order valence-corrected chi connectivity index (χ1v) is 9.56. The Balaban J connectivity index is 1.67. The molecule has 3 rings (SSSR count). The average Bonchev–Trinajstić information content (AvgIpc) is 3.23. The fourth-order valence-corrected chi connectivity index (χ4v) is 4.63. The van der Waals surface area contributed by atoms with Gasteiger partial charge < -0.3 is 9.73 Å². The summed E-state index contributed by atoms with van der Waals surface area (Å²) >= 11 is 8.25. The smallest absolute Gasteiger partial charge is 0.261 e. The minimum Gasteiger partial charge on any atom is -0.468 e. The van der Waals surface area contributed by atoms with Gasteiger partial charge in [-0.1, -0.05) is 0 Å². The van der Waals surface area contributed by atoms with E-state index >= 15 is 0 Å². The molecule has 1 amide bonds. The lowest BCUT2D eigenvalue weighted by Crippen LogP contribution is -2.36. The SMILES string of the molecule is O=C(NCC(c1ccco1)N1CCCC1)c1cc(Br)c(Br)s1. The van der Waals surface area contributed by atoms with E-state index in [0.29, 0.717) is 11.4 Å². The molecule has 1 fully saturated rings. The van der Waals surface area contributed by atoms with Crippen LogP contribution in [0.3, 0.4) is 0 Å². The van der Waals surface area contributed by atoms with Crippen molar-refractivity contribution in [3.63, 3.8) is 0 Å². The summed E-state index contributed by atoms with van der Waals surface area (Å²) in [5.41, 5.74) is 0. The molecular weight excluding hydrogens is 432 g/mol. The van der Waals surface area contributed by atoms with E-state index in [2.05, 4.69) is 42.1 Å². The zero-order chi connectivity index (χ0) is 15.5. The van der Waals surface area contributed by atoms with Gasteiger partial charge in [-0.05, 0) is 76.0 Å². The van der Waals surface area contributed by atoms with Crippen LogP contribution in [0.4, 0.5) is 0 Å². The standard InChI is InChI=1S/C15H16Br2N2O2S/c16-10-8-13(22-14(10)17)15(20)18-9-11(12-4-3-7-21-12)19-5-1-2-6-19/h3-4,7-8,11H,1-2,5-6,9H2,(H,18,20). The number of furan rings is 1. The number of hydrogen-bond acceptors (Lipinski definition) is 4. The van der Waals surface area contributed by atoms with Crippen molar-refractivity contribution in [3.8, 4) is 0 Å². The van der Waals surface area contributed by atoms with Gasteiger partial charge >= 0.3 is 0 Å². The summed E-state index contributed by atoms with van der Waals surface area (Å²) < 4.78 is 7.40. The molecule has 118 valence electrons. The van der Waals surface area contributed by atoms with E-state index < -0.39 is 0 Å². The molecule has 22 heavy (non-hydrogen) atoms. The van der Waals surface area contributed by atoms with Crippen LogP contribution in [-0.4, -0.2) is 30.4 Å². The fraction of sp³-hybridized carbons (Fsp3) is 0.400. The van der Waals surface area contributed by atoms with E-state index in [1.54, 1.807) is 6.26 Å². The predicted octanol–water partition coefficient (Wildman–Crippen LogP) is 4.43. The third-order valence-corrected chi connectivity index (χ3v) is 7.03. The summed E-state index contributed by atoms with van der Waals surface area (Å²) in [4.78, 5) is 15.4. The molecule has 1 saturated heterocycles. The highest BCUT2D eigenvalue weighted by Gasteiger charge is 2.26. The lowest BCUT2D eigenvalue weighted by atomic mass is 10.2. The molecule has 0 aliphatic carbocycles. The van der Waals surface area contributed by atoms with Gasteiger partial charge in [0.2, 0.25) is 0 Å². The number of likely N-dealkylation sites (tertiary alicyclic amines) is 1. The van der Waals surface area contributed by atoms with Crippen molar-refractivity contribution < 1.29 is 9.21 Å². The van der Waals surface area contributed by atoms with E-state index in [9.17, 15) is 4.79 Å². The monoisotopic (exact) mass is 446 g/mol. The van der Waals surface area contributed by atoms with Gasteiger partial charge in [0.25, 0.3) is 5.91 Å². The van der Waals surface area contributed by atoms with Crippen LogP contribution in [0.1, 0.15) is 34.3 Å². The maximum absolute atomic E-state index is 12.3. The lowest BCUT2D eigenvalue weighted by molar-refractivity contribution is 0.0938. The molecule has 1 atom stereocenters. The van der Waals surface area contributed by atoms with E-state index in [0.717, 1.165) is 27.1 Å². The predicted molar refractivity (Wildman–Crippen MR) is 94.3 cm³/mol. The van der Waals surface area contributed by atoms with Gasteiger partial charge in [0, 0.05) is 11.0 Å². The van der Waals surface area contributed by atoms with Crippen molar-refractivity contribution in [2.24, 2.45) is 0 Å². The summed E-state index contributed by atoms with van der Waals surface area (Å²) in [6.07, 6.45) is 4.10. The quantitative estimate of drug-likeness (QED) is 0.737. The minimum atomic E-state index is -0.0489. The Morgan fingerprint density at radius 3 is 2.77 bits per heavy atom. The van der Waals surface area contributed by atoms with Gasteiger partial charge in [-0.25, -0.2) is 0 Å². The molecule has 1 unspecified atom stereocenters. The summed E-state index contributed by atoms with van der Waals surface area (Å²) in [5.74, 6) is 0.864. The van der Waals surface area contributed by atoms with Crippen LogP contribution in [-0.2, 0) is 0 Å². The number of nitrogens with zero attached hydrogens (tertiary/aromatic N) is 1. The summed E-state index contributed by atoms with van der Waals surface area (Å²) in [6.45, 7) is 2.66. The fourth-order valence-electron chi connectivity index (χ4n) is 2.68. The largest absolute Gasteiger partial charge is 0.468 e. The molecule has 2 aromatic rings. The molecule has 4 nitrogen and oxygen atoms in total. The van der Waals surface area contributed by atoms with Gasteiger partial charge in [0.15, 0.2) is 0 Å². The normalized spacial score (nSPS) is 16.8. The van der Waals surface area contributed by atoms with E-state index in [4.69, 9.17) is 4.42 Å². The van der Waals surface area contributed by atoms with Gasteiger partial charge in [-0.3, -0.25) is 9.69 Å². The van der Waals surface area contributed by atoms with Crippen molar-refractivity contribution in [1.82, 2.24) is 10.2 Å². The molecule has 3 heterocycles. The molecule has 1 aliphatic heterocycles. The molecule has 2 aromatic heterocycles. The second kappa shape index (κ2) is 7.29. The highest BCUT2D eigenvalue weighted by Crippen LogP contribution is 2.32. The number of nitrogens with one attached hydrogen (secondary N) is 1. The van der Waals surface area contributed by atoms with Gasteiger partial charge in [-0.15, -0.1) is 11.3 Å². The Morgan fingerprint density at radius 2 is 2.18 bits per heavy atom. The molecule has 0 aromatic carbocycles. The zero-order valence-corrected chi connectivity index (χ0v) is 15.8. The molecule has 1 N–H and O–H groups in total. The number of rotatable bonds is 5. The van der Waals surface area contributed by atoms with Crippen molar-refractivity contribution in [1.29, 1.82) is 0 Å². The summed E-state index contributed by atoms with van der Waals surface area (Å²) in [7, 11) is 0. The molecule has 0 spiro atoms. The topological polar surface area (TPSA) is 45.5 Å². The van der Waals surface area contributed by atoms with Crippen molar-refractivity contribution >= 4 is 49.1 Å². The van der Waals surface area contributed by atoms with Crippen LogP contribution < -0.4 is 5.32 Å². The number of amides is 1. The zero-order valence-electron chi connectivity index (χ0n) is 11.9. The third kappa shape index (κ3) is 3.64. The number of halogens is 2. The van der Waals surface area contributed by atoms with Gasteiger partial charge in [-0.2, -0.15) is 0 Å². The van der Waals surface area contributed by atoms with Crippen LogP contribution in [0.2, 0.25) is 0 Å². The Bertz CT molecular complexity index is 617. The van der Waals surface area contributed by atoms with Crippen LogP contribution in [0.5, 0.6) is 0 Å². The summed E-state index contributed by atoms with van der Waals surface area (Å²) in [6, 6.07) is 5.82. The second-order valence-electron chi connectivity index (χ2n) is 5.22. The Morgan fingerprint density at radius 1 is 1.41 bits per heavy atom. The van der Waals surface area contributed by atoms with Gasteiger partial charge in [0.1, 0.15) is 5.76 Å². The first-order valence-electron chi connectivity index (χ1n) is 7.15. The molecule has 7 heteroatoms. The van der Waals surface area contributed by atoms with Gasteiger partial charge in [0.05, 0.1) is 21.0 Å². The van der Waals surface area contributed by atoms with Crippen LogP contribution in [0.25, 0.3) is 0 Å². The highest BCUT2D eigenvalue weighted by atomic mass is 79.9. The Labute approximate surface area is 150 Å². The molecule has 0 bridgehead atoms. The Hall–Kier alpha value is -0.630. The van der Waals surface area contributed by atoms with Crippen LogP contribution in [0, 0.1) is 0 Å². The second-order valence-corrected chi connectivity index (χ2v) is 8.44. The lowest BCUT2D eigenvalue weighted by Gasteiger charge is -2.25. The first-order chi connectivity index (χ1) is 10.6. The summed E-state index contributed by atoms with van der Waals surface area (Å²) in [5, 5.41) is 3.03. The van der Waals surface area contributed by atoms with E-state index in [-0.39, 0.29) is 11.9 Å².